The number of urea groups is 1. The number of nitrogens with one attached hydrogen (secondary N) is 2. The third kappa shape index (κ3) is 4.05. The zero-order chi connectivity index (χ0) is 22.0. The van der Waals surface area contributed by atoms with Crippen LogP contribution in [0.15, 0.2) is 77.8 Å². The van der Waals surface area contributed by atoms with E-state index < -0.39 is 12.2 Å². The number of nitrogens with zero attached hydrogens (tertiary/aromatic N) is 2. The van der Waals surface area contributed by atoms with Gasteiger partial charge in [-0.05, 0) is 31.0 Å². The summed E-state index contributed by atoms with van der Waals surface area (Å²) in [6.45, 7) is 3.85. The molecule has 0 aliphatic carbocycles. The van der Waals surface area contributed by atoms with Crippen LogP contribution in [0.25, 0.3) is 0 Å². The second-order valence-corrected chi connectivity index (χ2v) is 7.53. The fourth-order valence-corrected chi connectivity index (χ4v) is 3.73. The first-order valence-electron chi connectivity index (χ1n) is 10.1. The topological polar surface area (TPSA) is 73.8 Å². The SMILES string of the molecule is Cc1cccc(C)c1NC(=O)N[C@@H]1N=C(c2ccccc2)c2ccccc2N(C)C1=O. The normalized spacial score (nSPS) is 15.6. The lowest BCUT2D eigenvalue weighted by molar-refractivity contribution is -0.119. The maximum atomic E-state index is 13.2. The van der Waals surface area contributed by atoms with Crippen molar-refractivity contribution in [3.8, 4) is 0 Å². The highest BCUT2D eigenvalue weighted by molar-refractivity contribution is 6.20. The van der Waals surface area contributed by atoms with Crippen LogP contribution in [-0.2, 0) is 4.79 Å². The molecule has 3 amide bonds. The molecule has 0 saturated heterocycles. The van der Waals surface area contributed by atoms with Crippen molar-refractivity contribution in [3.63, 3.8) is 0 Å². The highest BCUT2D eigenvalue weighted by Crippen LogP contribution is 2.27. The number of carbonyl (C=O) groups excluding carboxylic acids is 2. The van der Waals surface area contributed by atoms with Crippen molar-refractivity contribution in [1.82, 2.24) is 5.32 Å². The van der Waals surface area contributed by atoms with E-state index in [0.29, 0.717) is 5.71 Å². The van der Waals surface area contributed by atoms with Crippen LogP contribution in [0.3, 0.4) is 0 Å². The van der Waals surface area contributed by atoms with E-state index in [1.54, 1.807) is 11.9 Å². The number of amides is 3. The molecule has 0 saturated carbocycles. The van der Waals surface area contributed by atoms with Gasteiger partial charge in [0.2, 0.25) is 6.17 Å². The van der Waals surface area contributed by atoms with Gasteiger partial charge in [0.25, 0.3) is 5.91 Å². The second-order valence-electron chi connectivity index (χ2n) is 7.53. The molecule has 0 bridgehead atoms. The third-order valence-electron chi connectivity index (χ3n) is 5.38. The first kappa shape index (κ1) is 20.3. The van der Waals surface area contributed by atoms with Crippen molar-refractivity contribution in [2.75, 3.05) is 17.3 Å². The van der Waals surface area contributed by atoms with Crippen molar-refractivity contribution in [2.45, 2.75) is 20.0 Å². The summed E-state index contributed by atoms with van der Waals surface area (Å²) in [6, 6.07) is 22.6. The number of fused-ring (bicyclic) bond motifs is 1. The van der Waals surface area contributed by atoms with Gasteiger partial charge in [0.1, 0.15) is 0 Å². The Bertz CT molecular complexity index is 1150. The Morgan fingerprint density at radius 2 is 1.55 bits per heavy atom. The fraction of sp³-hybridized carbons (Fsp3) is 0.160. The predicted octanol–water partition coefficient (Wildman–Crippen LogP) is 4.27. The number of benzene rings is 3. The van der Waals surface area contributed by atoms with Gasteiger partial charge in [-0.2, -0.15) is 0 Å². The van der Waals surface area contributed by atoms with Crippen LogP contribution in [-0.4, -0.2) is 30.9 Å². The fourth-order valence-electron chi connectivity index (χ4n) is 3.73. The average Bonchev–Trinajstić information content (AvgIpc) is 2.88. The molecule has 1 heterocycles. The summed E-state index contributed by atoms with van der Waals surface area (Å²) < 4.78 is 0. The summed E-state index contributed by atoms with van der Waals surface area (Å²) in [4.78, 5) is 32.2. The molecular weight excluding hydrogens is 388 g/mol. The Hall–Kier alpha value is -3.93. The van der Waals surface area contributed by atoms with Gasteiger partial charge in [0, 0.05) is 23.9 Å². The number of anilines is 2. The molecule has 4 rings (SSSR count). The highest BCUT2D eigenvalue weighted by atomic mass is 16.2. The quantitative estimate of drug-likeness (QED) is 0.674. The molecule has 3 aromatic rings. The van der Waals surface area contributed by atoms with E-state index in [1.807, 2.05) is 86.6 Å². The van der Waals surface area contributed by atoms with Crippen molar-refractivity contribution < 1.29 is 9.59 Å². The molecule has 0 unspecified atom stereocenters. The molecule has 0 fully saturated rings. The summed E-state index contributed by atoms with van der Waals surface area (Å²) in [6.07, 6.45) is -1.06. The molecular formula is C25H24N4O2. The molecule has 0 aromatic heterocycles. The molecule has 1 atom stereocenters. The Morgan fingerprint density at radius 1 is 0.903 bits per heavy atom. The molecule has 0 radical (unpaired) electrons. The van der Waals surface area contributed by atoms with Crippen molar-refractivity contribution in [3.05, 3.63) is 95.1 Å². The number of hydrogen-bond donors (Lipinski definition) is 2. The summed E-state index contributed by atoms with van der Waals surface area (Å²) in [7, 11) is 1.70. The van der Waals surface area contributed by atoms with Crippen molar-refractivity contribution >= 4 is 29.0 Å². The van der Waals surface area contributed by atoms with Gasteiger partial charge >= 0.3 is 6.03 Å². The smallest absolute Gasteiger partial charge is 0.311 e. The number of aryl methyl sites for hydroxylation is 2. The van der Waals surface area contributed by atoms with Gasteiger partial charge < -0.3 is 15.5 Å². The van der Waals surface area contributed by atoms with E-state index in [-0.39, 0.29) is 5.91 Å². The van der Waals surface area contributed by atoms with Gasteiger partial charge in [-0.15, -0.1) is 0 Å². The van der Waals surface area contributed by atoms with Crippen LogP contribution in [0.4, 0.5) is 16.2 Å². The van der Waals surface area contributed by atoms with Crippen LogP contribution < -0.4 is 15.5 Å². The summed E-state index contributed by atoms with van der Waals surface area (Å²) in [5.41, 5.74) is 5.73. The number of carbonyl (C=O) groups is 2. The standard InChI is InChI=1S/C25H24N4O2/c1-16-10-9-11-17(2)21(16)27-25(31)28-23-24(30)29(3)20-15-8-7-14-19(20)22(26-23)18-12-5-4-6-13-18/h4-15,23H,1-3H3,(H2,27,28,31)/t23-/m0/s1. The van der Waals surface area contributed by atoms with Crippen LogP contribution in [0.2, 0.25) is 0 Å². The number of rotatable bonds is 3. The largest absolute Gasteiger partial charge is 0.321 e. The zero-order valence-corrected chi connectivity index (χ0v) is 17.7. The van der Waals surface area contributed by atoms with E-state index in [4.69, 9.17) is 4.99 Å². The third-order valence-corrected chi connectivity index (χ3v) is 5.38. The number of para-hydroxylation sites is 2. The molecule has 31 heavy (non-hydrogen) atoms. The Kier molecular flexibility index (Phi) is 5.54. The number of likely N-dealkylation sites (N-methyl/N-ethyl adjacent to an activating group) is 1. The van der Waals surface area contributed by atoms with Crippen LogP contribution in [0, 0.1) is 13.8 Å². The van der Waals surface area contributed by atoms with Gasteiger partial charge in [0.05, 0.1) is 11.4 Å². The average molecular weight is 412 g/mol. The van der Waals surface area contributed by atoms with Crippen LogP contribution in [0.1, 0.15) is 22.3 Å². The Labute approximate surface area is 181 Å². The first-order valence-corrected chi connectivity index (χ1v) is 10.1. The van der Waals surface area contributed by atoms with E-state index in [0.717, 1.165) is 33.6 Å². The highest BCUT2D eigenvalue weighted by Gasteiger charge is 2.31. The van der Waals surface area contributed by atoms with E-state index in [2.05, 4.69) is 10.6 Å². The molecule has 2 N–H and O–H groups in total. The first-order chi connectivity index (χ1) is 15.0. The number of aliphatic imine (C=N–C) groups is 1. The van der Waals surface area contributed by atoms with Gasteiger partial charge in [-0.3, -0.25) is 4.79 Å². The summed E-state index contributed by atoms with van der Waals surface area (Å²) >= 11 is 0. The molecule has 1 aliphatic heterocycles. The minimum atomic E-state index is -1.06. The zero-order valence-electron chi connectivity index (χ0n) is 17.7. The molecule has 0 spiro atoms. The molecule has 3 aromatic carbocycles. The molecule has 1 aliphatic rings. The number of hydrogen-bond acceptors (Lipinski definition) is 3. The van der Waals surface area contributed by atoms with Crippen LogP contribution >= 0.6 is 0 Å². The lowest BCUT2D eigenvalue weighted by Gasteiger charge is -2.21. The van der Waals surface area contributed by atoms with E-state index in [9.17, 15) is 9.59 Å². The maximum Gasteiger partial charge on any atom is 0.321 e. The maximum absolute atomic E-state index is 13.2. The monoisotopic (exact) mass is 412 g/mol. The van der Waals surface area contributed by atoms with Crippen molar-refractivity contribution in [1.29, 1.82) is 0 Å². The molecule has 156 valence electrons. The summed E-state index contributed by atoms with van der Waals surface area (Å²) in [5.74, 6) is -0.310. The van der Waals surface area contributed by atoms with Crippen LogP contribution in [0.5, 0.6) is 0 Å². The minimum absolute atomic E-state index is 0.310. The molecule has 6 heteroatoms. The Balaban J connectivity index is 1.70. The summed E-state index contributed by atoms with van der Waals surface area (Å²) in [5, 5.41) is 5.62. The van der Waals surface area contributed by atoms with Gasteiger partial charge in [-0.1, -0.05) is 66.7 Å². The van der Waals surface area contributed by atoms with E-state index >= 15 is 0 Å². The van der Waals surface area contributed by atoms with Gasteiger partial charge in [-0.25, -0.2) is 9.79 Å². The Morgan fingerprint density at radius 3 is 2.26 bits per heavy atom. The lowest BCUT2D eigenvalue weighted by atomic mass is 10.0. The second kappa shape index (κ2) is 8.44. The minimum Gasteiger partial charge on any atom is -0.311 e. The van der Waals surface area contributed by atoms with E-state index in [1.165, 1.54) is 0 Å². The lowest BCUT2D eigenvalue weighted by Crippen LogP contribution is -2.47. The van der Waals surface area contributed by atoms with Gasteiger partial charge in [0.15, 0.2) is 0 Å². The predicted molar refractivity (Wildman–Crippen MR) is 124 cm³/mol. The number of benzodiazepines with no additional fused rings is 1. The van der Waals surface area contributed by atoms with Crippen molar-refractivity contribution in [2.24, 2.45) is 4.99 Å². The molecule has 6 nitrogen and oxygen atoms in total.